The molecule has 2 saturated carbocycles. The first-order chi connectivity index (χ1) is 7.91. The van der Waals surface area contributed by atoms with Gasteiger partial charge in [-0.1, -0.05) is 19.3 Å². The molecular weight excluding hydrogens is 232 g/mol. The lowest BCUT2D eigenvalue weighted by molar-refractivity contribution is -0.143. The van der Waals surface area contributed by atoms with Gasteiger partial charge in [-0.05, 0) is 32.5 Å². The minimum atomic E-state index is -1.58. The van der Waals surface area contributed by atoms with Gasteiger partial charge in [0.05, 0.1) is 19.1 Å². The van der Waals surface area contributed by atoms with Gasteiger partial charge in [-0.25, -0.2) is 0 Å². The summed E-state index contributed by atoms with van der Waals surface area (Å²) in [6.07, 6.45) is 6.19. The van der Waals surface area contributed by atoms with Crippen LogP contribution in [0.5, 0.6) is 0 Å². The van der Waals surface area contributed by atoms with Crippen molar-refractivity contribution in [2.24, 2.45) is 11.3 Å². The molecule has 0 aliphatic heterocycles. The van der Waals surface area contributed by atoms with E-state index >= 15 is 0 Å². The Morgan fingerprint density at radius 2 is 1.76 bits per heavy atom. The second-order valence-electron chi connectivity index (χ2n) is 6.45. The summed E-state index contributed by atoms with van der Waals surface area (Å²) in [4.78, 5) is 11.9. The fraction of sp³-hybridized carbons (Fsp3) is 0.923. The molecule has 2 aliphatic rings. The van der Waals surface area contributed by atoms with E-state index in [-0.39, 0.29) is 23.4 Å². The third-order valence-corrected chi connectivity index (χ3v) is 5.06. The number of methoxy groups -OCH3 is 1. The highest BCUT2D eigenvalue weighted by atomic mass is 28.4. The molecule has 0 N–H and O–H groups in total. The summed E-state index contributed by atoms with van der Waals surface area (Å²) in [7, 11) is -0.0872. The minimum Gasteiger partial charge on any atom is -0.469 e. The molecule has 2 unspecified atom stereocenters. The van der Waals surface area contributed by atoms with E-state index < -0.39 is 8.32 Å². The molecule has 2 rings (SSSR count). The van der Waals surface area contributed by atoms with E-state index in [1.165, 1.54) is 26.4 Å². The van der Waals surface area contributed by atoms with Gasteiger partial charge in [0.2, 0.25) is 0 Å². The Hall–Kier alpha value is -0.353. The maximum atomic E-state index is 11.9. The van der Waals surface area contributed by atoms with Crippen LogP contribution in [-0.4, -0.2) is 27.5 Å². The molecule has 0 bridgehead atoms. The predicted octanol–water partition coefficient (Wildman–Crippen LogP) is 2.96. The Labute approximate surface area is 105 Å². The fourth-order valence-electron chi connectivity index (χ4n) is 3.31. The molecule has 17 heavy (non-hydrogen) atoms. The lowest BCUT2D eigenvalue weighted by Gasteiger charge is -2.25. The van der Waals surface area contributed by atoms with Crippen molar-refractivity contribution in [2.75, 3.05) is 7.11 Å². The van der Waals surface area contributed by atoms with E-state index in [9.17, 15) is 4.79 Å². The maximum Gasteiger partial charge on any atom is 0.311 e. The summed E-state index contributed by atoms with van der Waals surface area (Å²) in [5.41, 5.74) is 0.131. The minimum absolute atomic E-state index is 0.0134. The number of hydrogen-bond acceptors (Lipinski definition) is 3. The molecule has 3 nitrogen and oxygen atoms in total. The van der Waals surface area contributed by atoms with Gasteiger partial charge >= 0.3 is 5.97 Å². The third kappa shape index (κ3) is 2.43. The molecular formula is C13H24O3Si. The van der Waals surface area contributed by atoms with Crippen LogP contribution in [0, 0.1) is 11.3 Å². The van der Waals surface area contributed by atoms with Crippen molar-refractivity contribution in [3.8, 4) is 0 Å². The molecule has 1 spiro atoms. The van der Waals surface area contributed by atoms with Crippen molar-refractivity contribution in [1.29, 1.82) is 0 Å². The SMILES string of the molecule is COC(=O)C1C(O[Si](C)(C)C)C12CCCCC2. The first kappa shape index (κ1) is 13.1. The van der Waals surface area contributed by atoms with Gasteiger partial charge in [0.15, 0.2) is 8.32 Å². The quantitative estimate of drug-likeness (QED) is 0.575. The Kier molecular flexibility index (Phi) is 3.38. The highest BCUT2D eigenvalue weighted by Gasteiger charge is 2.69. The molecule has 0 aromatic rings. The molecule has 2 atom stereocenters. The van der Waals surface area contributed by atoms with Crippen molar-refractivity contribution < 1.29 is 14.0 Å². The third-order valence-electron chi connectivity index (χ3n) is 4.10. The second kappa shape index (κ2) is 4.39. The average Bonchev–Trinajstić information content (AvgIpc) is 2.82. The van der Waals surface area contributed by atoms with Crippen LogP contribution in [0.2, 0.25) is 19.6 Å². The van der Waals surface area contributed by atoms with Crippen molar-refractivity contribution in [3.05, 3.63) is 0 Å². The summed E-state index contributed by atoms with van der Waals surface area (Å²) in [6.45, 7) is 6.57. The van der Waals surface area contributed by atoms with Crippen LogP contribution in [0.25, 0.3) is 0 Å². The van der Waals surface area contributed by atoms with Crippen LogP contribution in [0.4, 0.5) is 0 Å². The molecule has 2 aliphatic carbocycles. The number of carbonyl (C=O) groups excluding carboxylic acids is 1. The zero-order chi connectivity index (χ0) is 12.7. The topological polar surface area (TPSA) is 35.5 Å². The van der Waals surface area contributed by atoms with Gasteiger partial charge in [-0.15, -0.1) is 0 Å². The molecule has 0 aromatic heterocycles. The summed E-state index contributed by atoms with van der Waals surface area (Å²) >= 11 is 0. The Morgan fingerprint density at radius 1 is 1.18 bits per heavy atom. The fourth-order valence-corrected chi connectivity index (χ4v) is 4.44. The van der Waals surface area contributed by atoms with Gasteiger partial charge in [0.1, 0.15) is 0 Å². The van der Waals surface area contributed by atoms with Crippen molar-refractivity contribution in [3.63, 3.8) is 0 Å². The molecule has 0 heterocycles. The van der Waals surface area contributed by atoms with E-state index in [0.29, 0.717) is 0 Å². The maximum absolute atomic E-state index is 11.9. The van der Waals surface area contributed by atoms with Crippen molar-refractivity contribution in [1.82, 2.24) is 0 Å². The zero-order valence-corrected chi connectivity index (χ0v) is 12.4. The monoisotopic (exact) mass is 256 g/mol. The van der Waals surface area contributed by atoms with Crippen LogP contribution in [0.15, 0.2) is 0 Å². The van der Waals surface area contributed by atoms with Crippen LogP contribution >= 0.6 is 0 Å². The molecule has 4 heteroatoms. The molecule has 0 amide bonds. The first-order valence-electron chi connectivity index (χ1n) is 6.66. The smallest absolute Gasteiger partial charge is 0.311 e. The van der Waals surface area contributed by atoms with Gasteiger partial charge < -0.3 is 9.16 Å². The lowest BCUT2D eigenvalue weighted by atomic mass is 9.84. The van der Waals surface area contributed by atoms with Crippen LogP contribution < -0.4 is 0 Å². The van der Waals surface area contributed by atoms with E-state index in [4.69, 9.17) is 9.16 Å². The largest absolute Gasteiger partial charge is 0.469 e. The van der Waals surface area contributed by atoms with Gasteiger partial charge in [-0.2, -0.15) is 0 Å². The molecule has 0 aromatic carbocycles. The van der Waals surface area contributed by atoms with Gasteiger partial charge in [0.25, 0.3) is 0 Å². The number of rotatable bonds is 3. The van der Waals surface area contributed by atoms with Crippen LogP contribution in [0.3, 0.4) is 0 Å². The number of esters is 1. The highest BCUT2D eigenvalue weighted by Crippen LogP contribution is 2.63. The zero-order valence-electron chi connectivity index (χ0n) is 11.4. The van der Waals surface area contributed by atoms with Crippen molar-refractivity contribution >= 4 is 14.3 Å². The summed E-state index contributed by atoms with van der Waals surface area (Å²) in [5.74, 6) is -0.0466. The molecule has 2 fully saturated rings. The summed E-state index contributed by atoms with van der Waals surface area (Å²) < 4.78 is 11.2. The van der Waals surface area contributed by atoms with E-state index in [1.807, 2.05) is 0 Å². The van der Waals surface area contributed by atoms with Crippen LogP contribution in [0.1, 0.15) is 32.1 Å². The van der Waals surface area contributed by atoms with Gasteiger partial charge in [0, 0.05) is 5.41 Å². The number of hydrogen-bond donors (Lipinski definition) is 0. The second-order valence-corrected chi connectivity index (χ2v) is 10.9. The number of carbonyl (C=O) groups is 1. The standard InChI is InChI=1S/C13H24O3Si/c1-15-12(14)10-11(16-17(2,3)4)13(10)8-6-5-7-9-13/h10-11H,5-9H2,1-4H3. The lowest BCUT2D eigenvalue weighted by Crippen LogP contribution is -2.29. The van der Waals surface area contributed by atoms with Gasteiger partial charge in [-0.3, -0.25) is 4.79 Å². The summed E-state index contributed by atoms with van der Waals surface area (Å²) in [6, 6.07) is 0. The molecule has 98 valence electrons. The predicted molar refractivity (Wildman–Crippen MR) is 69.2 cm³/mol. The van der Waals surface area contributed by atoms with E-state index in [2.05, 4.69) is 19.6 Å². The van der Waals surface area contributed by atoms with E-state index in [0.717, 1.165) is 12.8 Å². The Balaban J connectivity index is 2.10. The highest BCUT2D eigenvalue weighted by molar-refractivity contribution is 6.69. The molecule has 0 radical (unpaired) electrons. The van der Waals surface area contributed by atoms with Crippen molar-refractivity contribution in [2.45, 2.75) is 57.8 Å². The average molecular weight is 256 g/mol. The summed E-state index contributed by atoms with van der Waals surface area (Å²) in [5, 5.41) is 0. The Bertz CT molecular complexity index is 302. The van der Waals surface area contributed by atoms with E-state index in [1.54, 1.807) is 0 Å². The Morgan fingerprint density at radius 3 is 2.24 bits per heavy atom. The normalized spacial score (nSPS) is 31.3. The van der Waals surface area contributed by atoms with Crippen LogP contribution in [-0.2, 0) is 14.0 Å². The number of ether oxygens (including phenoxy) is 1. The molecule has 0 saturated heterocycles. The first-order valence-corrected chi connectivity index (χ1v) is 10.1.